The fourth-order valence-electron chi connectivity index (χ4n) is 4.13. The number of nitrogens with zero attached hydrogens (tertiary/aromatic N) is 1. The van der Waals surface area contributed by atoms with Gasteiger partial charge in [0.1, 0.15) is 0 Å². The maximum Gasteiger partial charge on any atom is 0.0907 e. The zero-order chi connectivity index (χ0) is 14.3. The van der Waals surface area contributed by atoms with Crippen molar-refractivity contribution >= 4 is 0 Å². The predicted molar refractivity (Wildman–Crippen MR) is 78.0 cm³/mol. The summed E-state index contributed by atoms with van der Waals surface area (Å²) in [4.78, 5) is 4.22. The van der Waals surface area contributed by atoms with Crippen LogP contribution in [-0.4, -0.2) is 23.3 Å². The molecule has 0 saturated carbocycles. The Morgan fingerprint density at radius 1 is 1.45 bits per heavy atom. The molecule has 108 valence electrons. The minimum atomic E-state index is -0.136. The maximum absolute atomic E-state index is 9.96. The second-order valence-corrected chi connectivity index (χ2v) is 6.42. The van der Waals surface area contributed by atoms with E-state index < -0.39 is 0 Å². The van der Waals surface area contributed by atoms with Crippen LogP contribution >= 0.6 is 0 Å². The van der Waals surface area contributed by atoms with Gasteiger partial charge in [0.25, 0.3) is 0 Å². The molecule has 0 spiro atoms. The van der Waals surface area contributed by atoms with E-state index in [2.05, 4.69) is 37.9 Å². The molecule has 2 heterocycles. The number of rotatable bonds is 2. The van der Waals surface area contributed by atoms with Crippen LogP contribution in [-0.2, 0) is 4.74 Å². The van der Waals surface area contributed by atoms with E-state index in [9.17, 15) is 5.11 Å². The van der Waals surface area contributed by atoms with Crippen LogP contribution in [0.25, 0.3) is 0 Å². The molecule has 1 fully saturated rings. The molecule has 2 aliphatic rings. The summed E-state index contributed by atoms with van der Waals surface area (Å²) in [7, 11) is 0. The summed E-state index contributed by atoms with van der Waals surface area (Å²) in [6.07, 6.45) is 6.07. The number of hydrogen-bond acceptors (Lipinski definition) is 3. The highest BCUT2D eigenvalue weighted by Crippen LogP contribution is 2.55. The van der Waals surface area contributed by atoms with Crippen LogP contribution in [0.4, 0.5) is 0 Å². The third-order valence-electron chi connectivity index (χ3n) is 5.56. The number of fused-ring (bicyclic) bond motifs is 2. The van der Waals surface area contributed by atoms with E-state index in [4.69, 9.17) is 4.74 Å². The molecule has 5 atom stereocenters. The number of aliphatic hydroxyl groups is 1. The zero-order valence-electron chi connectivity index (χ0n) is 12.4. The van der Waals surface area contributed by atoms with E-state index in [-0.39, 0.29) is 18.1 Å². The Balaban J connectivity index is 2.02. The Labute approximate surface area is 120 Å². The first-order chi connectivity index (χ1) is 9.60. The van der Waals surface area contributed by atoms with E-state index in [1.807, 2.05) is 12.3 Å². The van der Waals surface area contributed by atoms with Gasteiger partial charge in [0.2, 0.25) is 0 Å². The zero-order valence-corrected chi connectivity index (χ0v) is 12.4. The summed E-state index contributed by atoms with van der Waals surface area (Å²) >= 11 is 0. The van der Waals surface area contributed by atoms with E-state index in [1.165, 1.54) is 5.57 Å². The van der Waals surface area contributed by atoms with E-state index in [1.54, 1.807) is 6.20 Å². The third kappa shape index (κ3) is 1.84. The fraction of sp³-hybridized carbons (Fsp3) is 0.588. The van der Waals surface area contributed by atoms with Gasteiger partial charge in [-0.15, -0.1) is 0 Å². The van der Waals surface area contributed by atoms with E-state index in [0.717, 1.165) is 5.56 Å². The van der Waals surface area contributed by atoms with Crippen molar-refractivity contribution in [1.29, 1.82) is 0 Å². The highest BCUT2D eigenvalue weighted by Gasteiger charge is 2.53. The van der Waals surface area contributed by atoms with Crippen LogP contribution < -0.4 is 0 Å². The number of allylic oxidation sites excluding steroid dienone is 1. The van der Waals surface area contributed by atoms with Gasteiger partial charge in [-0.25, -0.2) is 0 Å². The number of pyridine rings is 1. The van der Waals surface area contributed by atoms with Gasteiger partial charge in [-0.1, -0.05) is 31.6 Å². The fourth-order valence-corrected chi connectivity index (χ4v) is 4.13. The van der Waals surface area contributed by atoms with Crippen LogP contribution in [0.5, 0.6) is 0 Å². The summed E-state index contributed by atoms with van der Waals surface area (Å²) in [5.74, 6) is 1.09. The van der Waals surface area contributed by atoms with Crippen molar-refractivity contribution in [3.63, 3.8) is 0 Å². The van der Waals surface area contributed by atoms with Gasteiger partial charge in [-0.05, 0) is 30.4 Å². The Morgan fingerprint density at radius 2 is 2.25 bits per heavy atom. The first kappa shape index (κ1) is 13.8. The normalized spacial score (nSPS) is 40.3. The molecule has 0 radical (unpaired) electrons. The van der Waals surface area contributed by atoms with Gasteiger partial charge in [-0.2, -0.15) is 0 Å². The third-order valence-corrected chi connectivity index (χ3v) is 5.56. The largest absolute Gasteiger partial charge is 0.396 e. The van der Waals surface area contributed by atoms with Gasteiger partial charge >= 0.3 is 0 Å². The van der Waals surface area contributed by atoms with Gasteiger partial charge in [-0.3, -0.25) is 4.98 Å². The Hall–Kier alpha value is -1.19. The molecule has 1 aromatic heterocycles. The molecule has 2 bridgehead atoms. The van der Waals surface area contributed by atoms with Crippen molar-refractivity contribution < 1.29 is 9.84 Å². The number of ether oxygens (including phenoxy) is 1. The van der Waals surface area contributed by atoms with Crippen molar-refractivity contribution in [2.75, 3.05) is 13.2 Å². The van der Waals surface area contributed by atoms with E-state index >= 15 is 0 Å². The molecule has 0 amide bonds. The Bertz CT molecular complexity index is 513. The molecule has 0 aromatic carbocycles. The quantitative estimate of drug-likeness (QED) is 0.842. The molecule has 1 aromatic rings. The second-order valence-electron chi connectivity index (χ2n) is 6.42. The topological polar surface area (TPSA) is 42.4 Å². The standard InChI is InChI=1S/C17H23NO2/c1-11-7-12(2)17(9-19)10-20-16(15(11)13(17)3)14-5-4-6-18-8-14/h4-8,12-13,15-16,19H,9-10H2,1-3H3/t12-,13+,15+,16+,17+/m1/s1. The van der Waals surface area contributed by atoms with Crippen LogP contribution in [0.3, 0.4) is 0 Å². The molecule has 3 rings (SSSR count). The van der Waals surface area contributed by atoms with Crippen molar-refractivity contribution in [1.82, 2.24) is 4.98 Å². The average molecular weight is 273 g/mol. The lowest BCUT2D eigenvalue weighted by Crippen LogP contribution is -2.53. The lowest BCUT2D eigenvalue weighted by Gasteiger charge is -2.55. The Morgan fingerprint density at radius 3 is 2.90 bits per heavy atom. The van der Waals surface area contributed by atoms with Crippen molar-refractivity contribution in [2.24, 2.45) is 23.2 Å². The van der Waals surface area contributed by atoms with Crippen molar-refractivity contribution in [3.8, 4) is 0 Å². The number of aromatic nitrogens is 1. The lowest BCUT2D eigenvalue weighted by atomic mass is 9.56. The molecular weight excluding hydrogens is 250 g/mol. The van der Waals surface area contributed by atoms with Gasteiger partial charge < -0.3 is 9.84 Å². The van der Waals surface area contributed by atoms with Crippen LogP contribution in [0.1, 0.15) is 32.4 Å². The molecule has 3 heteroatoms. The first-order valence-corrected chi connectivity index (χ1v) is 7.41. The molecule has 20 heavy (non-hydrogen) atoms. The van der Waals surface area contributed by atoms with Crippen LogP contribution in [0, 0.1) is 23.2 Å². The molecule has 1 aliphatic heterocycles. The molecular formula is C17H23NO2. The minimum absolute atomic E-state index is 0.0575. The van der Waals surface area contributed by atoms with Gasteiger partial charge in [0.15, 0.2) is 0 Å². The minimum Gasteiger partial charge on any atom is -0.396 e. The second kappa shape index (κ2) is 4.97. The van der Waals surface area contributed by atoms with Gasteiger partial charge in [0.05, 0.1) is 19.3 Å². The van der Waals surface area contributed by atoms with Crippen molar-refractivity contribution in [2.45, 2.75) is 26.9 Å². The highest BCUT2D eigenvalue weighted by atomic mass is 16.5. The first-order valence-electron chi connectivity index (χ1n) is 7.41. The van der Waals surface area contributed by atoms with Gasteiger partial charge in [0, 0.05) is 23.7 Å². The molecule has 1 N–H and O–H groups in total. The predicted octanol–water partition coefficient (Wildman–Crippen LogP) is 2.98. The molecule has 1 saturated heterocycles. The van der Waals surface area contributed by atoms with E-state index in [0.29, 0.717) is 24.4 Å². The smallest absolute Gasteiger partial charge is 0.0907 e. The SMILES string of the molecule is CC1=C[C@@H](C)[C@]2(CO)CO[C@@H](c3cccnc3)[C@@H]1[C@@H]2C. The monoisotopic (exact) mass is 273 g/mol. The van der Waals surface area contributed by atoms with Crippen molar-refractivity contribution in [3.05, 3.63) is 41.7 Å². The highest BCUT2D eigenvalue weighted by molar-refractivity contribution is 5.26. The average Bonchev–Trinajstić information content (AvgIpc) is 2.46. The number of hydrogen-bond donors (Lipinski definition) is 1. The number of aliphatic hydroxyl groups excluding tert-OH is 1. The summed E-state index contributed by atoms with van der Waals surface area (Å²) in [6.45, 7) is 7.46. The van der Waals surface area contributed by atoms with Crippen LogP contribution in [0.15, 0.2) is 36.2 Å². The molecule has 1 aliphatic carbocycles. The summed E-state index contributed by atoms with van der Waals surface area (Å²) < 4.78 is 6.20. The summed E-state index contributed by atoms with van der Waals surface area (Å²) in [6, 6.07) is 4.05. The summed E-state index contributed by atoms with van der Waals surface area (Å²) in [5, 5.41) is 9.96. The molecule has 0 unspecified atom stereocenters. The molecule has 3 nitrogen and oxygen atoms in total. The lowest BCUT2D eigenvalue weighted by molar-refractivity contribution is -0.165. The van der Waals surface area contributed by atoms with Crippen LogP contribution in [0.2, 0.25) is 0 Å². The summed E-state index contributed by atoms with van der Waals surface area (Å²) in [5.41, 5.74) is 2.38. The maximum atomic E-state index is 9.96. The Kier molecular flexibility index (Phi) is 3.43.